The third-order valence-electron chi connectivity index (χ3n) is 3.45. The Balaban J connectivity index is 2.34. The van der Waals surface area contributed by atoms with Crippen LogP contribution >= 0.6 is 27.5 Å². The van der Waals surface area contributed by atoms with Crippen molar-refractivity contribution in [1.82, 2.24) is 0 Å². The molecule has 0 bridgehead atoms. The zero-order valence-corrected chi connectivity index (χ0v) is 14.3. The molecule has 0 spiro atoms. The third-order valence-corrected chi connectivity index (χ3v) is 4.76. The van der Waals surface area contributed by atoms with E-state index in [4.69, 9.17) is 17.3 Å². The predicted octanol–water partition coefficient (Wildman–Crippen LogP) is 5.45. The first kappa shape index (κ1) is 15.6. The van der Waals surface area contributed by atoms with Crippen molar-refractivity contribution in [1.29, 1.82) is 0 Å². The van der Waals surface area contributed by atoms with Gasteiger partial charge in [0.2, 0.25) is 0 Å². The van der Waals surface area contributed by atoms with Crippen LogP contribution in [0.3, 0.4) is 0 Å². The maximum absolute atomic E-state index is 6.34. The van der Waals surface area contributed by atoms with Gasteiger partial charge >= 0.3 is 0 Å². The van der Waals surface area contributed by atoms with Crippen LogP contribution in [0.25, 0.3) is 0 Å². The molecule has 2 aromatic carbocycles. The lowest BCUT2D eigenvalue weighted by atomic mass is 9.86. The smallest absolute Gasteiger partial charge is 0.0599 e. The van der Waals surface area contributed by atoms with Crippen LogP contribution in [-0.2, 0) is 5.41 Å². The fraction of sp³-hybridized carbons (Fsp3) is 0.294. The lowest BCUT2D eigenvalue weighted by Gasteiger charge is -2.21. The van der Waals surface area contributed by atoms with Crippen molar-refractivity contribution < 1.29 is 0 Å². The Morgan fingerprint density at radius 2 is 1.65 bits per heavy atom. The highest BCUT2D eigenvalue weighted by molar-refractivity contribution is 9.10. The first-order chi connectivity index (χ1) is 9.30. The minimum Gasteiger partial charge on any atom is -0.320 e. The van der Waals surface area contributed by atoms with E-state index in [0.29, 0.717) is 5.02 Å². The number of halogens is 2. The minimum absolute atomic E-state index is 0.149. The first-order valence-electron chi connectivity index (χ1n) is 6.60. The van der Waals surface area contributed by atoms with E-state index in [-0.39, 0.29) is 11.5 Å². The molecule has 0 aliphatic carbocycles. The first-order valence-corrected chi connectivity index (χ1v) is 7.77. The van der Waals surface area contributed by atoms with E-state index in [9.17, 15) is 0 Å². The van der Waals surface area contributed by atoms with Gasteiger partial charge in [-0.25, -0.2) is 0 Å². The summed E-state index contributed by atoms with van der Waals surface area (Å²) in [6.07, 6.45) is 0. The zero-order valence-electron chi connectivity index (χ0n) is 12.0. The molecule has 106 valence electrons. The van der Waals surface area contributed by atoms with Crippen LogP contribution in [0.15, 0.2) is 46.9 Å². The average Bonchev–Trinajstić information content (AvgIpc) is 2.40. The van der Waals surface area contributed by atoms with Crippen molar-refractivity contribution in [2.24, 2.45) is 5.73 Å². The van der Waals surface area contributed by atoms with Gasteiger partial charge in [0.1, 0.15) is 0 Å². The topological polar surface area (TPSA) is 26.0 Å². The van der Waals surface area contributed by atoms with Crippen LogP contribution in [0, 0.1) is 0 Å². The summed E-state index contributed by atoms with van der Waals surface area (Å²) in [5.41, 5.74) is 9.79. The average molecular weight is 353 g/mol. The fourth-order valence-corrected chi connectivity index (χ4v) is 2.76. The molecule has 2 aromatic rings. The van der Waals surface area contributed by atoms with Gasteiger partial charge in [0, 0.05) is 4.47 Å². The maximum atomic E-state index is 6.34. The molecule has 0 amide bonds. The lowest BCUT2D eigenvalue weighted by molar-refractivity contribution is 0.589. The minimum atomic E-state index is -0.214. The van der Waals surface area contributed by atoms with Crippen molar-refractivity contribution in [3.63, 3.8) is 0 Å². The second kappa shape index (κ2) is 5.88. The number of hydrogen-bond donors (Lipinski definition) is 1. The Bertz CT molecular complexity index is 599. The molecule has 2 N–H and O–H groups in total. The summed E-state index contributed by atoms with van der Waals surface area (Å²) in [6.45, 7) is 6.60. The highest BCUT2D eigenvalue weighted by Crippen LogP contribution is 2.32. The van der Waals surface area contributed by atoms with E-state index in [1.165, 1.54) is 5.56 Å². The summed E-state index contributed by atoms with van der Waals surface area (Å²) in [6, 6.07) is 14.1. The molecule has 1 unspecified atom stereocenters. The highest BCUT2D eigenvalue weighted by atomic mass is 79.9. The molecule has 0 fully saturated rings. The molecule has 2 rings (SSSR count). The predicted molar refractivity (Wildman–Crippen MR) is 90.3 cm³/mol. The van der Waals surface area contributed by atoms with Gasteiger partial charge in [-0.3, -0.25) is 0 Å². The van der Waals surface area contributed by atoms with Crippen LogP contribution in [0.4, 0.5) is 0 Å². The fourth-order valence-electron chi connectivity index (χ4n) is 2.13. The summed E-state index contributed by atoms with van der Waals surface area (Å²) in [7, 11) is 0. The molecule has 20 heavy (non-hydrogen) atoms. The Kier molecular flexibility index (Phi) is 4.58. The van der Waals surface area contributed by atoms with E-state index in [1.54, 1.807) is 0 Å². The second-order valence-corrected chi connectivity index (χ2v) is 7.23. The van der Waals surface area contributed by atoms with Crippen molar-refractivity contribution in [3.05, 3.63) is 68.7 Å². The summed E-state index contributed by atoms with van der Waals surface area (Å²) in [4.78, 5) is 0. The molecule has 0 aliphatic rings. The summed E-state index contributed by atoms with van der Waals surface area (Å²) in [5.74, 6) is 0. The molecule has 0 radical (unpaired) electrons. The van der Waals surface area contributed by atoms with Crippen LogP contribution in [0.1, 0.15) is 43.5 Å². The van der Waals surface area contributed by atoms with E-state index >= 15 is 0 Å². The molecule has 1 nitrogen and oxygen atoms in total. The van der Waals surface area contributed by atoms with Gasteiger partial charge in [-0.05, 0) is 44.1 Å². The van der Waals surface area contributed by atoms with Gasteiger partial charge in [0.05, 0.1) is 11.1 Å². The number of rotatable bonds is 2. The molecule has 0 aliphatic heterocycles. The Morgan fingerprint density at radius 3 is 2.20 bits per heavy atom. The second-order valence-electron chi connectivity index (χ2n) is 5.99. The number of hydrogen-bond acceptors (Lipinski definition) is 1. The van der Waals surface area contributed by atoms with Gasteiger partial charge in [0.15, 0.2) is 0 Å². The Labute approximate surface area is 134 Å². The maximum Gasteiger partial charge on any atom is 0.0599 e. The quantitative estimate of drug-likeness (QED) is 0.764. The third kappa shape index (κ3) is 3.25. The molecule has 0 aromatic heterocycles. The van der Waals surface area contributed by atoms with Gasteiger partial charge in [0.25, 0.3) is 0 Å². The molecular weight excluding hydrogens is 334 g/mol. The van der Waals surface area contributed by atoms with Crippen molar-refractivity contribution >= 4 is 27.5 Å². The number of nitrogens with two attached hydrogens (primary N) is 1. The summed E-state index contributed by atoms with van der Waals surface area (Å²) in [5, 5.41) is 0.680. The van der Waals surface area contributed by atoms with Gasteiger partial charge in [-0.15, -0.1) is 0 Å². The van der Waals surface area contributed by atoms with Crippen molar-refractivity contribution in [2.75, 3.05) is 0 Å². The van der Waals surface area contributed by atoms with Crippen LogP contribution in [-0.4, -0.2) is 0 Å². The highest BCUT2D eigenvalue weighted by Gasteiger charge is 2.16. The van der Waals surface area contributed by atoms with E-state index in [0.717, 1.165) is 15.6 Å². The zero-order chi connectivity index (χ0) is 14.9. The van der Waals surface area contributed by atoms with Crippen LogP contribution < -0.4 is 5.73 Å². The number of benzene rings is 2. The summed E-state index contributed by atoms with van der Waals surface area (Å²) < 4.78 is 0.874. The van der Waals surface area contributed by atoms with Crippen LogP contribution in [0.5, 0.6) is 0 Å². The molecule has 0 saturated heterocycles. The largest absolute Gasteiger partial charge is 0.320 e. The van der Waals surface area contributed by atoms with E-state index < -0.39 is 0 Å². The van der Waals surface area contributed by atoms with Crippen molar-refractivity contribution in [2.45, 2.75) is 32.2 Å². The molecule has 0 saturated carbocycles. The van der Waals surface area contributed by atoms with Gasteiger partial charge in [-0.1, -0.05) is 68.8 Å². The Hall–Kier alpha value is -0.830. The monoisotopic (exact) mass is 351 g/mol. The standard InChI is InChI=1S/C17H19BrClN/c1-17(2,3)12-9-7-11(8-10-12)16(20)13-5-4-6-14(18)15(13)19/h4-10,16H,20H2,1-3H3. The molecular formula is C17H19BrClN. The molecule has 3 heteroatoms. The van der Waals surface area contributed by atoms with Crippen LogP contribution in [0.2, 0.25) is 5.02 Å². The van der Waals surface area contributed by atoms with Gasteiger partial charge in [-0.2, -0.15) is 0 Å². The van der Waals surface area contributed by atoms with Gasteiger partial charge < -0.3 is 5.73 Å². The summed E-state index contributed by atoms with van der Waals surface area (Å²) >= 11 is 9.75. The van der Waals surface area contributed by atoms with E-state index in [2.05, 4.69) is 61.0 Å². The normalized spacial score (nSPS) is 13.3. The van der Waals surface area contributed by atoms with E-state index in [1.807, 2.05) is 18.2 Å². The van der Waals surface area contributed by atoms with Crippen molar-refractivity contribution in [3.8, 4) is 0 Å². The SMILES string of the molecule is CC(C)(C)c1ccc(C(N)c2cccc(Br)c2Cl)cc1. The molecule has 0 heterocycles. The lowest BCUT2D eigenvalue weighted by Crippen LogP contribution is -2.14. The Morgan fingerprint density at radius 1 is 1.05 bits per heavy atom. The molecule has 1 atom stereocenters.